The van der Waals surface area contributed by atoms with Gasteiger partial charge in [0.15, 0.2) is 0 Å². The number of nitrogens with zero attached hydrogens (tertiary/aromatic N) is 1. The molecule has 1 aromatic rings. The molecule has 1 aromatic carbocycles. The average Bonchev–Trinajstić information content (AvgIpc) is 3.05. The highest BCUT2D eigenvalue weighted by Gasteiger charge is 2.70. The molecule has 0 bridgehead atoms. The number of halogens is 5. The van der Waals surface area contributed by atoms with Gasteiger partial charge in [0.2, 0.25) is 5.91 Å². The Balaban J connectivity index is 1.48. The molecule has 1 aliphatic heterocycles. The van der Waals surface area contributed by atoms with E-state index in [9.17, 15) is 26.7 Å². The Bertz CT molecular complexity index is 615. The number of amides is 1. The summed E-state index contributed by atoms with van der Waals surface area (Å²) in [6.45, 7) is 0.670. The van der Waals surface area contributed by atoms with Crippen molar-refractivity contribution < 1.29 is 26.7 Å². The normalized spacial score (nSPS) is 21.8. The largest absolute Gasteiger partial charge is 0.416 e. The predicted octanol–water partition coefficient (Wildman–Crippen LogP) is 4.29. The molecule has 132 valence electrons. The second-order valence-electron chi connectivity index (χ2n) is 6.74. The third kappa shape index (κ3) is 3.26. The van der Waals surface area contributed by atoms with Crippen molar-refractivity contribution >= 4 is 5.91 Å². The number of hydrogen-bond acceptors (Lipinski definition) is 1. The number of carbonyl (C=O) groups excluding carboxylic acids is 1. The lowest BCUT2D eigenvalue weighted by Gasteiger charge is -2.32. The van der Waals surface area contributed by atoms with E-state index in [1.807, 2.05) is 0 Å². The molecule has 0 unspecified atom stereocenters. The Morgan fingerprint density at radius 3 is 2.08 bits per heavy atom. The van der Waals surface area contributed by atoms with Crippen molar-refractivity contribution in [3.05, 3.63) is 35.4 Å². The van der Waals surface area contributed by atoms with Crippen molar-refractivity contribution in [2.45, 2.75) is 44.2 Å². The van der Waals surface area contributed by atoms with Crippen LogP contribution in [0, 0.1) is 5.41 Å². The molecule has 1 amide bonds. The first-order chi connectivity index (χ1) is 11.1. The van der Waals surface area contributed by atoms with Gasteiger partial charge in [0.1, 0.15) is 0 Å². The first kappa shape index (κ1) is 17.2. The lowest BCUT2D eigenvalue weighted by Crippen LogP contribution is -2.40. The van der Waals surface area contributed by atoms with E-state index in [-0.39, 0.29) is 18.7 Å². The van der Waals surface area contributed by atoms with Crippen molar-refractivity contribution in [1.82, 2.24) is 4.90 Å². The molecule has 0 N–H and O–H groups in total. The summed E-state index contributed by atoms with van der Waals surface area (Å²) in [4.78, 5) is 13.7. The van der Waals surface area contributed by atoms with Gasteiger partial charge in [0, 0.05) is 31.3 Å². The van der Waals surface area contributed by atoms with Crippen LogP contribution >= 0.6 is 0 Å². The van der Waals surface area contributed by atoms with Crippen LogP contribution in [0.1, 0.15) is 36.8 Å². The van der Waals surface area contributed by atoms with Crippen molar-refractivity contribution in [2.75, 3.05) is 13.1 Å². The van der Waals surface area contributed by atoms with Crippen LogP contribution in [-0.2, 0) is 17.4 Å². The zero-order valence-corrected chi connectivity index (χ0v) is 13.0. The minimum absolute atomic E-state index is 0.0758. The predicted molar refractivity (Wildman–Crippen MR) is 77.6 cm³/mol. The molecular formula is C17H18F5NO. The molecule has 24 heavy (non-hydrogen) atoms. The smallest absolute Gasteiger partial charge is 0.343 e. The van der Waals surface area contributed by atoms with Crippen molar-refractivity contribution in [1.29, 1.82) is 0 Å². The Labute approximate surface area is 136 Å². The van der Waals surface area contributed by atoms with Crippen LogP contribution in [0.25, 0.3) is 0 Å². The molecule has 1 spiro atoms. The zero-order chi connectivity index (χ0) is 17.6. The molecule has 3 rings (SSSR count). The summed E-state index contributed by atoms with van der Waals surface area (Å²) in [5, 5.41) is 0. The van der Waals surface area contributed by atoms with Gasteiger partial charge in [-0.3, -0.25) is 4.79 Å². The highest BCUT2D eigenvalue weighted by Crippen LogP contribution is 2.65. The number of benzene rings is 1. The van der Waals surface area contributed by atoms with Gasteiger partial charge in [0.05, 0.1) is 5.56 Å². The number of rotatable bonds is 3. The van der Waals surface area contributed by atoms with E-state index in [1.165, 1.54) is 12.1 Å². The van der Waals surface area contributed by atoms with E-state index >= 15 is 0 Å². The summed E-state index contributed by atoms with van der Waals surface area (Å²) >= 11 is 0. The van der Waals surface area contributed by atoms with Gasteiger partial charge in [0.25, 0.3) is 5.92 Å². The highest BCUT2D eigenvalue weighted by molar-refractivity contribution is 5.76. The first-order valence-corrected chi connectivity index (χ1v) is 7.95. The van der Waals surface area contributed by atoms with Gasteiger partial charge in [-0.2, -0.15) is 13.2 Å². The Morgan fingerprint density at radius 1 is 1.08 bits per heavy atom. The van der Waals surface area contributed by atoms with Crippen LogP contribution in [-0.4, -0.2) is 29.8 Å². The molecule has 2 aliphatic rings. The SMILES string of the molecule is O=C(CCc1ccc(C(F)(F)F)cc1)N1CCC2(CC1)CC2(F)F. The molecular weight excluding hydrogens is 329 g/mol. The summed E-state index contributed by atoms with van der Waals surface area (Å²) in [7, 11) is 0. The second-order valence-corrected chi connectivity index (χ2v) is 6.74. The lowest BCUT2D eigenvalue weighted by molar-refractivity contribution is -0.137. The average molecular weight is 347 g/mol. The third-order valence-corrected chi connectivity index (χ3v) is 5.19. The number of hydrogen-bond donors (Lipinski definition) is 0. The molecule has 0 radical (unpaired) electrons. The van der Waals surface area contributed by atoms with Gasteiger partial charge < -0.3 is 4.90 Å². The first-order valence-electron chi connectivity index (χ1n) is 7.95. The van der Waals surface area contributed by atoms with Gasteiger partial charge in [-0.1, -0.05) is 12.1 Å². The number of alkyl halides is 5. The maximum absolute atomic E-state index is 13.3. The van der Waals surface area contributed by atoms with E-state index < -0.39 is 23.1 Å². The molecule has 1 saturated carbocycles. The van der Waals surface area contributed by atoms with E-state index in [0.717, 1.165) is 12.1 Å². The summed E-state index contributed by atoms with van der Waals surface area (Å²) in [6.07, 6.45) is -3.28. The van der Waals surface area contributed by atoms with E-state index in [1.54, 1.807) is 4.90 Å². The minimum Gasteiger partial charge on any atom is -0.343 e. The lowest BCUT2D eigenvalue weighted by atomic mass is 9.92. The summed E-state index contributed by atoms with van der Waals surface area (Å²) < 4.78 is 64.1. The standard InChI is InChI=1S/C17H18F5NO/c18-16(19)11-15(16)7-9-23(10-8-15)14(24)6-3-12-1-4-13(5-2-12)17(20,21)22/h1-2,4-5H,3,6-11H2. The molecule has 1 aliphatic carbocycles. The van der Waals surface area contributed by atoms with Crippen LogP contribution in [0.5, 0.6) is 0 Å². The molecule has 2 nitrogen and oxygen atoms in total. The van der Waals surface area contributed by atoms with Crippen molar-refractivity contribution in [2.24, 2.45) is 5.41 Å². The van der Waals surface area contributed by atoms with Crippen molar-refractivity contribution in [3.63, 3.8) is 0 Å². The molecule has 1 saturated heterocycles. The Hall–Kier alpha value is -1.66. The summed E-state index contributed by atoms with van der Waals surface area (Å²) in [5.74, 6) is -2.71. The molecule has 2 fully saturated rings. The number of carbonyl (C=O) groups is 1. The highest BCUT2D eigenvalue weighted by atomic mass is 19.4. The number of piperidine rings is 1. The fourth-order valence-electron chi connectivity index (χ4n) is 3.38. The Kier molecular flexibility index (Phi) is 4.08. The monoisotopic (exact) mass is 347 g/mol. The number of aryl methyl sites for hydroxylation is 1. The quantitative estimate of drug-likeness (QED) is 0.747. The van der Waals surface area contributed by atoms with E-state index in [0.29, 0.717) is 37.9 Å². The minimum atomic E-state index is -4.37. The van der Waals surface area contributed by atoms with Gasteiger partial charge >= 0.3 is 6.18 Å². The van der Waals surface area contributed by atoms with Crippen molar-refractivity contribution in [3.8, 4) is 0 Å². The van der Waals surface area contributed by atoms with Gasteiger partial charge in [-0.25, -0.2) is 8.78 Å². The van der Waals surface area contributed by atoms with E-state index in [2.05, 4.69) is 0 Å². The Morgan fingerprint density at radius 2 is 1.62 bits per heavy atom. The molecule has 7 heteroatoms. The number of likely N-dealkylation sites (tertiary alicyclic amines) is 1. The van der Waals surface area contributed by atoms with Crippen LogP contribution in [0.2, 0.25) is 0 Å². The molecule has 0 atom stereocenters. The van der Waals surface area contributed by atoms with Crippen LogP contribution in [0.3, 0.4) is 0 Å². The topological polar surface area (TPSA) is 20.3 Å². The van der Waals surface area contributed by atoms with Gasteiger partial charge in [-0.05, 0) is 37.0 Å². The van der Waals surface area contributed by atoms with E-state index in [4.69, 9.17) is 0 Å². The zero-order valence-electron chi connectivity index (χ0n) is 13.0. The van der Waals surface area contributed by atoms with Gasteiger partial charge in [-0.15, -0.1) is 0 Å². The third-order valence-electron chi connectivity index (χ3n) is 5.19. The maximum atomic E-state index is 13.3. The second kappa shape index (κ2) is 5.70. The summed E-state index contributed by atoms with van der Waals surface area (Å²) in [6, 6.07) is 4.73. The maximum Gasteiger partial charge on any atom is 0.416 e. The summed E-state index contributed by atoms with van der Waals surface area (Å²) in [5.41, 5.74) is -0.958. The van der Waals surface area contributed by atoms with Crippen LogP contribution < -0.4 is 0 Å². The fourth-order valence-corrected chi connectivity index (χ4v) is 3.38. The molecule has 1 heterocycles. The molecule has 0 aromatic heterocycles. The van der Waals surface area contributed by atoms with Crippen LogP contribution in [0.15, 0.2) is 24.3 Å². The fraction of sp³-hybridized carbons (Fsp3) is 0.588. The van der Waals surface area contributed by atoms with Crippen LogP contribution in [0.4, 0.5) is 22.0 Å².